The summed E-state index contributed by atoms with van der Waals surface area (Å²) in [4.78, 5) is 55.4. The number of ether oxygens (including phenoxy) is 4. The van der Waals surface area contributed by atoms with Gasteiger partial charge in [0.1, 0.15) is 17.8 Å². The van der Waals surface area contributed by atoms with Crippen LogP contribution in [0.1, 0.15) is 69.4 Å². The smallest absolute Gasteiger partial charge is 0.338 e. The van der Waals surface area contributed by atoms with Crippen LogP contribution >= 0.6 is 0 Å². The van der Waals surface area contributed by atoms with Gasteiger partial charge in [-0.15, -0.1) is 0 Å². The van der Waals surface area contributed by atoms with E-state index in [2.05, 4.69) is 5.32 Å². The van der Waals surface area contributed by atoms with E-state index >= 15 is 4.79 Å². The van der Waals surface area contributed by atoms with Crippen molar-refractivity contribution in [1.82, 2.24) is 5.32 Å². The first-order chi connectivity index (χ1) is 24.1. The normalized spacial score (nSPS) is 35.1. The van der Waals surface area contributed by atoms with Crippen LogP contribution in [0.5, 0.6) is 0 Å². The number of carbonyl (C=O) groups excluding carboxylic acids is 4. The molecule has 2 aromatic carbocycles. The Bertz CT molecular complexity index is 1710. The van der Waals surface area contributed by atoms with Crippen molar-refractivity contribution in [2.75, 3.05) is 13.7 Å². The van der Waals surface area contributed by atoms with Crippen molar-refractivity contribution < 1.29 is 53.4 Å². The van der Waals surface area contributed by atoms with Crippen LogP contribution in [0.4, 0.5) is 0 Å². The third kappa shape index (κ3) is 5.90. The first-order valence-corrected chi connectivity index (χ1v) is 17.4. The number of rotatable bonds is 8. The molecule has 0 spiro atoms. The molecule has 3 aliphatic carbocycles. The van der Waals surface area contributed by atoms with Crippen molar-refractivity contribution in [3.63, 3.8) is 0 Å². The third-order valence-corrected chi connectivity index (χ3v) is 12.1. The Balaban J connectivity index is 1.52. The molecule has 0 aromatic heterocycles. The zero-order chi connectivity index (χ0) is 37.0. The minimum absolute atomic E-state index is 0.113. The minimum Gasteiger partial charge on any atom is -0.456 e. The molecular weight excluding hydrogens is 658 g/mol. The van der Waals surface area contributed by atoms with Crippen LogP contribution in [0.25, 0.3) is 0 Å². The van der Waals surface area contributed by atoms with Gasteiger partial charge in [0.2, 0.25) is 0 Å². The lowest BCUT2D eigenvalue weighted by Gasteiger charge is -2.64. The van der Waals surface area contributed by atoms with Gasteiger partial charge in [-0.1, -0.05) is 62.4 Å². The Hall–Kier alpha value is -3.94. The van der Waals surface area contributed by atoms with Crippen molar-refractivity contribution in [1.29, 1.82) is 0 Å². The number of likely N-dealkylation sites (N-methyl/N-ethyl adjacent to an activating group) is 1. The maximum absolute atomic E-state index is 15.0. The van der Waals surface area contributed by atoms with E-state index in [4.69, 9.17) is 18.9 Å². The minimum atomic E-state index is -2.08. The van der Waals surface area contributed by atoms with E-state index in [1.807, 2.05) is 0 Å². The Morgan fingerprint density at radius 1 is 0.980 bits per heavy atom. The predicted molar refractivity (Wildman–Crippen MR) is 182 cm³/mol. The molecule has 274 valence electrons. The number of aliphatic hydroxyl groups is 3. The zero-order valence-corrected chi connectivity index (χ0v) is 29.7. The van der Waals surface area contributed by atoms with E-state index in [1.54, 1.807) is 95.4 Å². The number of fused-ring (bicyclic) bond motifs is 5. The van der Waals surface area contributed by atoms with Gasteiger partial charge in [-0.05, 0) is 49.7 Å². The first kappa shape index (κ1) is 36.8. The van der Waals surface area contributed by atoms with Crippen LogP contribution in [0.15, 0.2) is 71.8 Å². The molecule has 1 saturated heterocycles. The number of ketones is 1. The molecule has 12 nitrogen and oxygen atoms in total. The number of hydrogen-bond acceptors (Lipinski definition) is 12. The van der Waals surface area contributed by atoms with Gasteiger partial charge in [0.05, 0.1) is 35.8 Å². The van der Waals surface area contributed by atoms with Crippen LogP contribution < -0.4 is 5.32 Å². The molecular formula is C39H47NO11. The molecule has 2 aromatic rings. The number of esters is 3. The average molecular weight is 706 g/mol. The molecule has 2 saturated carbocycles. The molecule has 1 aliphatic heterocycles. The van der Waals surface area contributed by atoms with E-state index in [-0.39, 0.29) is 30.6 Å². The molecule has 4 aliphatic rings. The largest absolute Gasteiger partial charge is 0.456 e. The number of carbonyl (C=O) groups is 4. The summed E-state index contributed by atoms with van der Waals surface area (Å²) in [5, 5.41) is 39.3. The van der Waals surface area contributed by atoms with Gasteiger partial charge in [0.15, 0.2) is 18.0 Å². The second-order valence-electron chi connectivity index (χ2n) is 15.0. The van der Waals surface area contributed by atoms with Gasteiger partial charge in [0.25, 0.3) is 0 Å². The number of nitrogens with one attached hydrogen (secondary N) is 1. The Kier molecular flexibility index (Phi) is 9.79. The molecule has 11 atom stereocenters. The van der Waals surface area contributed by atoms with E-state index in [0.717, 1.165) is 6.92 Å². The zero-order valence-electron chi connectivity index (χ0n) is 29.7. The summed E-state index contributed by atoms with van der Waals surface area (Å²) in [6.45, 7) is 7.88. The number of Topliss-reactive ketones (excluding diaryl/α,β-unsaturated/α-hetero) is 1. The second kappa shape index (κ2) is 13.6. The summed E-state index contributed by atoms with van der Waals surface area (Å²) in [5.74, 6) is -4.59. The predicted octanol–water partition coefficient (Wildman–Crippen LogP) is 2.84. The fourth-order valence-electron chi connectivity index (χ4n) is 9.08. The van der Waals surface area contributed by atoms with Crippen LogP contribution in [-0.2, 0) is 33.3 Å². The Labute approximate surface area is 297 Å². The highest BCUT2D eigenvalue weighted by molar-refractivity contribution is 5.95. The van der Waals surface area contributed by atoms with Crippen LogP contribution in [-0.4, -0.2) is 94.9 Å². The Morgan fingerprint density at radius 3 is 2.18 bits per heavy atom. The monoisotopic (exact) mass is 705 g/mol. The van der Waals surface area contributed by atoms with Crippen molar-refractivity contribution in [3.05, 3.63) is 82.9 Å². The summed E-state index contributed by atoms with van der Waals surface area (Å²) in [6, 6.07) is 16.2. The van der Waals surface area contributed by atoms with Gasteiger partial charge < -0.3 is 39.6 Å². The molecule has 51 heavy (non-hydrogen) atoms. The number of hydrogen-bond donors (Lipinski definition) is 4. The molecule has 3 fully saturated rings. The highest BCUT2D eigenvalue weighted by Crippen LogP contribution is 2.62. The fourth-order valence-corrected chi connectivity index (χ4v) is 9.08. The van der Waals surface area contributed by atoms with Crippen molar-refractivity contribution in [3.8, 4) is 0 Å². The standard InChI is InChI=1S/C39H47NO11/c1-20-26(50-36(46)31(43)30(40-6)22-13-9-7-10-14-22)18-39(47)34(51-35(45)23-15-11-8-12-16-23)29-24-19-48-25(24)17-27(42)38(29,5)33(44)32(49-21(2)41)28(20)37(39,3)4/h7-16,24-27,29-32,34,40,42-43,47H,17-19H2,1-6H3/t24-,25-,26+,27+,29?,30?,31-,32-,34+,38-,39-/m1/s1. The average Bonchev–Trinajstić information content (AvgIpc) is 3.09. The van der Waals surface area contributed by atoms with E-state index < -0.39 is 94.6 Å². The lowest BCUT2D eigenvalue weighted by molar-refractivity contribution is -0.277. The van der Waals surface area contributed by atoms with E-state index in [0.29, 0.717) is 11.1 Å². The molecule has 0 radical (unpaired) electrons. The maximum Gasteiger partial charge on any atom is 0.338 e. The summed E-state index contributed by atoms with van der Waals surface area (Å²) < 4.78 is 24.0. The van der Waals surface area contributed by atoms with Gasteiger partial charge >= 0.3 is 17.9 Å². The molecule has 4 N–H and O–H groups in total. The third-order valence-electron chi connectivity index (χ3n) is 12.1. The van der Waals surface area contributed by atoms with E-state index in [9.17, 15) is 29.7 Å². The number of benzene rings is 2. The topological polar surface area (TPSA) is 178 Å². The van der Waals surface area contributed by atoms with Crippen molar-refractivity contribution in [2.45, 2.75) is 95.7 Å². The summed E-state index contributed by atoms with van der Waals surface area (Å²) >= 11 is 0. The van der Waals surface area contributed by atoms with Crippen molar-refractivity contribution >= 4 is 23.7 Å². The summed E-state index contributed by atoms with van der Waals surface area (Å²) in [5.41, 5.74) is -3.85. The lowest BCUT2D eigenvalue weighted by Crippen LogP contribution is -2.75. The van der Waals surface area contributed by atoms with Gasteiger partial charge in [-0.3, -0.25) is 9.59 Å². The second-order valence-corrected chi connectivity index (χ2v) is 15.0. The van der Waals surface area contributed by atoms with Gasteiger partial charge in [0, 0.05) is 37.0 Å². The van der Waals surface area contributed by atoms with Gasteiger partial charge in [-0.25, -0.2) is 9.59 Å². The highest BCUT2D eigenvalue weighted by Gasteiger charge is 2.72. The SMILES string of the molecule is CNC(c1ccccc1)[C@@H](O)C(=O)O[C@H]1C[C@@]2(O)[C@@H](OC(=O)c3ccccc3)C3[C@@H]4CO[C@@H]4C[C@H](O)[C@@]3(C)C(=O)[C@H](OC(C)=O)C(=C1C)C2(C)C. The van der Waals surface area contributed by atoms with Gasteiger partial charge in [-0.2, -0.15) is 0 Å². The van der Waals surface area contributed by atoms with Crippen LogP contribution in [0.3, 0.4) is 0 Å². The molecule has 2 unspecified atom stereocenters. The van der Waals surface area contributed by atoms with Crippen LogP contribution in [0.2, 0.25) is 0 Å². The lowest BCUT2D eigenvalue weighted by atomic mass is 9.46. The molecule has 1 heterocycles. The maximum atomic E-state index is 15.0. The summed E-state index contributed by atoms with van der Waals surface area (Å²) in [6.07, 6.45) is -7.94. The summed E-state index contributed by atoms with van der Waals surface area (Å²) in [7, 11) is 1.60. The van der Waals surface area contributed by atoms with Crippen molar-refractivity contribution in [2.24, 2.45) is 22.7 Å². The Morgan fingerprint density at radius 2 is 1.61 bits per heavy atom. The quantitative estimate of drug-likeness (QED) is 0.180. The fraction of sp³-hybridized carbons (Fsp3) is 0.538. The molecule has 0 amide bonds. The molecule has 2 bridgehead atoms. The number of aliphatic hydroxyl groups excluding tert-OH is 2. The highest BCUT2D eigenvalue weighted by atomic mass is 16.6. The van der Waals surface area contributed by atoms with E-state index in [1.165, 1.54) is 0 Å². The first-order valence-electron chi connectivity index (χ1n) is 17.4. The molecule has 12 heteroatoms. The van der Waals surface area contributed by atoms with Crippen LogP contribution in [0, 0.1) is 22.7 Å². The molecule has 6 rings (SSSR count).